The Morgan fingerprint density at radius 1 is 1.12 bits per heavy atom. The number of carbonyl (C=O) groups is 2. The Morgan fingerprint density at radius 3 is 2.42 bits per heavy atom. The molecule has 7 heteroatoms. The summed E-state index contributed by atoms with van der Waals surface area (Å²) in [6, 6.07) is 11.4. The average Bonchev–Trinajstić information content (AvgIpc) is 2.95. The summed E-state index contributed by atoms with van der Waals surface area (Å²) in [6.45, 7) is 2.15. The number of amides is 2. The fourth-order valence-electron chi connectivity index (χ4n) is 2.97. The lowest BCUT2D eigenvalue weighted by molar-refractivity contribution is -0.138. The highest BCUT2D eigenvalue weighted by molar-refractivity contribution is 5.99. The van der Waals surface area contributed by atoms with Gasteiger partial charge < -0.3 is 10.2 Å². The van der Waals surface area contributed by atoms with Crippen molar-refractivity contribution in [2.24, 2.45) is 0 Å². The summed E-state index contributed by atoms with van der Waals surface area (Å²) in [5.41, 5.74) is 0.320. The van der Waals surface area contributed by atoms with Crippen LogP contribution >= 0.6 is 0 Å². The maximum atomic E-state index is 13.1. The quantitative estimate of drug-likeness (QED) is 0.908. The molecule has 1 unspecified atom stereocenters. The van der Waals surface area contributed by atoms with Crippen LogP contribution in [0.15, 0.2) is 48.5 Å². The highest BCUT2D eigenvalue weighted by Gasteiger charge is 2.36. The van der Waals surface area contributed by atoms with Gasteiger partial charge in [-0.1, -0.05) is 29.8 Å². The van der Waals surface area contributed by atoms with Gasteiger partial charge in [-0.2, -0.15) is 13.2 Å². The number of halogens is 3. The molecule has 0 saturated carbocycles. The summed E-state index contributed by atoms with van der Waals surface area (Å²) in [7, 11) is 0. The van der Waals surface area contributed by atoms with Gasteiger partial charge in [-0.15, -0.1) is 0 Å². The number of hydrogen-bond acceptors (Lipinski definition) is 2. The van der Waals surface area contributed by atoms with Gasteiger partial charge in [-0.3, -0.25) is 9.59 Å². The van der Waals surface area contributed by atoms with Crippen LogP contribution in [0.5, 0.6) is 0 Å². The zero-order valence-corrected chi connectivity index (χ0v) is 14.0. The molecule has 4 nitrogen and oxygen atoms in total. The van der Waals surface area contributed by atoms with Crippen molar-refractivity contribution in [2.45, 2.75) is 25.6 Å². The molecule has 3 rings (SSSR count). The molecule has 0 spiro atoms. The molecule has 2 aromatic carbocycles. The Morgan fingerprint density at radius 2 is 1.77 bits per heavy atom. The third-order valence-corrected chi connectivity index (χ3v) is 4.28. The first-order valence-corrected chi connectivity index (χ1v) is 8.10. The molecule has 1 N–H and O–H groups in total. The molecule has 1 fully saturated rings. The number of hydrogen-bond donors (Lipinski definition) is 1. The fraction of sp³-hybridized carbons (Fsp3) is 0.263. The fourth-order valence-corrected chi connectivity index (χ4v) is 2.97. The zero-order chi connectivity index (χ0) is 18.9. The van der Waals surface area contributed by atoms with Gasteiger partial charge in [0.05, 0.1) is 17.2 Å². The Balaban J connectivity index is 1.74. The molecule has 1 atom stereocenters. The monoisotopic (exact) mass is 362 g/mol. The van der Waals surface area contributed by atoms with Crippen LogP contribution < -0.4 is 10.2 Å². The molecule has 0 aromatic heterocycles. The van der Waals surface area contributed by atoms with Crippen LogP contribution in [0.4, 0.5) is 18.9 Å². The van der Waals surface area contributed by atoms with Crippen molar-refractivity contribution in [1.29, 1.82) is 0 Å². The molecule has 0 aliphatic carbocycles. The lowest BCUT2D eigenvalue weighted by atomic mass is 10.1. The topological polar surface area (TPSA) is 49.4 Å². The Bertz CT molecular complexity index is 831. The molecule has 0 radical (unpaired) electrons. The number of alkyl halides is 3. The predicted molar refractivity (Wildman–Crippen MR) is 90.8 cm³/mol. The minimum atomic E-state index is -4.62. The highest BCUT2D eigenvalue weighted by atomic mass is 19.4. The lowest BCUT2D eigenvalue weighted by Crippen LogP contribution is -2.38. The van der Waals surface area contributed by atoms with Crippen molar-refractivity contribution in [3.05, 3.63) is 65.2 Å². The Kier molecular flexibility index (Phi) is 4.71. The van der Waals surface area contributed by atoms with Crippen LogP contribution in [0.3, 0.4) is 0 Å². The van der Waals surface area contributed by atoms with Crippen molar-refractivity contribution >= 4 is 17.5 Å². The van der Waals surface area contributed by atoms with Gasteiger partial charge in [0.15, 0.2) is 0 Å². The summed E-state index contributed by atoms with van der Waals surface area (Å²) < 4.78 is 39.2. The normalized spacial score (nSPS) is 17.5. The van der Waals surface area contributed by atoms with E-state index < -0.39 is 29.3 Å². The van der Waals surface area contributed by atoms with E-state index >= 15 is 0 Å². The maximum absolute atomic E-state index is 13.1. The van der Waals surface area contributed by atoms with Crippen molar-refractivity contribution < 1.29 is 22.8 Å². The van der Waals surface area contributed by atoms with E-state index in [9.17, 15) is 22.8 Å². The summed E-state index contributed by atoms with van der Waals surface area (Å²) in [5, 5.41) is 2.55. The zero-order valence-electron chi connectivity index (χ0n) is 14.0. The molecular formula is C19H17F3N2O2. The molecule has 26 heavy (non-hydrogen) atoms. The second-order valence-electron chi connectivity index (χ2n) is 6.26. The van der Waals surface area contributed by atoms with Crippen molar-refractivity contribution in [1.82, 2.24) is 5.32 Å². The Hall–Kier alpha value is -2.83. The maximum Gasteiger partial charge on any atom is 0.417 e. The number of rotatable bonds is 3. The number of nitrogens with one attached hydrogen (secondary N) is 1. The molecule has 1 saturated heterocycles. The lowest BCUT2D eigenvalue weighted by Gasteiger charge is -2.18. The van der Waals surface area contributed by atoms with Gasteiger partial charge in [0, 0.05) is 18.7 Å². The van der Waals surface area contributed by atoms with Crippen LogP contribution in [0.1, 0.15) is 27.9 Å². The largest absolute Gasteiger partial charge is 0.417 e. The van der Waals surface area contributed by atoms with Crippen LogP contribution in [0, 0.1) is 6.92 Å². The number of nitrogens with zero attached hydrogens (tertiary/aromatic N) is 1. The van der Waals surface area contributed by atoms with E-state index in [1.165, 1.54) is 17.0 Å². The molecule has 136 valence electrons. The first-order valence-electron chi connectivity index (χ1n) is 8.10. The molecule has 2 aromatic rings. The SMILES string of the molecule is Cc1ccc(N2CC(NC(=O)c3ccccc3C(F)(F)F)CC2=O)cc1. The van der Waals surface area contributed by atoms with Gasteiger partial charge in [-0.05, 0) is 31.2 Å². The van der Waals surface area contributed by atoms with E-state index in [2.05, 4.69) is 5.32 Å². The summed E-state index contributed by atoms with van der Waals surface area (Å²) in [4.78, 5) is 26.1. The van der Waals surface area contributed by atoms with Crippen LogP contribution in [-0.4, -0.2) is 24.4 Å². The van der Waals surface area contributed by atoms with E-state index in [0.29, 0.717) is 5.69 Å². The van der Waals surface area contributed by atoms with E-state index in [1.807, 2.05) is 19.1 Å². The van der Waals surface area contributed by atoms with Crippen molar-refractivity contribution in [3.8, 4) is 0 Å². The van der Waals surface area contributed by atoms with E-state index in [1.54, 1.807) is 12.1 Å². The average molecular weight is 362 g/mol. The minimum Gasteiger partial charge on any atom is -0.347 e. The second-order valence-corrected chi connectivity index (χ2v) is 6.26. The highest BCUT2D eigenvalue weighted by Crippen LogP contribution is 2.32. The molecular weight excluding hydrogens is 345 g/mol. The summed E-state index contributed by atoms with van der Waals surface area (Å²) in [5.74, 6) is -1.01. The van der Waals surface area contributed by atoms with E-state index in [4.69, 9.17) is 0 Å². The smallest absolute Gasteiger partial charge is 0.347 e. The van der Waals surface area contributed by atoms with Gasteiger partial charge in [0.2, 0.25) is 5.91 Å². The number of carbonyl (C=O) groups excluding carboxylic acids is 2. The second kappa shape index (κ2) is 6.82. The summed E-state index contributed by atoms with van der Waals surface area (Å²) in [6.07, 6.45) is -4.57. The third-order valence-electron chi connectivity index (χ3n) is 4.28. The standard InChI is InChI=1S/C19H17F3N2O2/c1-12-6-8-14(9-7-12)24-11-13(10-17(24)25)23-18(26)15-4-2-3-5-16(15)19(20,21)22/h2-9,13H,10-11H2,1H3,(H,23,26). The molecule has 2 amide bonds. The first-order chi connectivity index (χ1) is 12.3. The third kappa shape index (κ3) is 3.71. The van der Waals surface area contributed by atoms with Crippen molar-refractivity contribution in [3.63, 3.8) is 0 Å². The van der Waals surface area contributed by atoms with Gasteiger partial charge in [-0.25, -0.2) is 0 Å². The minimum absolute atomic E-state index is 0.0494. The Labute approximate surface area is 148 Å². The first kappa shape index (κ1) is 18.0. The van der Waals surface area contributed by atoms with Crippen molar-refractivity contribution in [2.75, 3.05) is 11.4 Å². The number of benzene rings is 2. The van der Waals surface area contributed by atoms with Gasteiger partial charge in [0.1, 0.15) is 0 Å². The van der Waals surface area contributed by atoms with Crippen LogP contribution in [0.25, 0.3) is 0 Å². The van der Waals surface area contributed by atoms with E-state index in [-0.39, 0.29) is 18.9 Å². The van der Waals surface area contributed by atoms with Crippen LogP contribution in [-0.2, 0) is 11.0 Å². The number of anilines is 1. The number of aryl methyl sites for hydroxylation is 1. The molecule has 1 aliphatic rings. The summed E-state index contributed by atoms with van der Waals surface area (Å²) >= 11 is 0. The van der Waals surface area contributed by atoms with E-state index in [0.717, 1.165) is 17.7 Å². The molecule has 1 aliphatic heterocycles. The molecule has 0 bridgehead atoms. The van der Waals surface area contributed by atoms with Gasteiger partial charge >= 0.3 is 6.18 Å². The molecule has 1 heterocycles. The van der Waals surface area contributed by atoms with Gasteiger partial charge in [0.25, 0.3) is 5.91 Å². The predicted octanol–water partition coefficient (Wildman–Crippen LogP) is 3.55. The van der Waals surface area contributed by atoms with Crippen LogP contribution in [0.2, 0.25) is 0 Å².